The molecule has 0 aromatic heterocycles. The van der Waals surface area contributed by atoms with Crippen LogP contribution in [-0.4, -0.2) is 35.0 Å². The van der Waals surface area contributed by atoms with Crippen molar-refractivity contribution in [3.05, 3.63) is 11.6 Å². The van der Waals surface area contributed by atoms with Crippen LogP contribution in [0.2, 0.25) is 0 Å². The molecule has 4 nitrogen and oxygen atoms in total. The molecular formula is C15H22O4. The van der Waals surface area contributed by atoms with E-state index in [1.807, 2.05) is 13.8 Å². The number of carbonyl (C=O) groups is 1. The van der Waals surface area contributed by atoms with E-state index in [0.717, 1.165) is 18.4 Å². The van der Waals surface area contributed by atoms with E-state index in [1.54, 1.807) is 0 Å². The number of allylic oxidation sites excluding steroid dienone is 1. The lowest BCUT2D eigenvalue weighted by Crippen LogP contribution is -2.32. The zero-order valence-corrected chi connectivity index (χ0v) is 11.8. The topological polar surface area (TPSA) is 59.1 Å². The molecular weight excluding hydrogens is 244 g/mol. The summed E-state index contributed by atoms with van der Waals surface area (Å²) in [5, 5.41) is 10.2. The highest BCUT2D eigenvalue weighted by molar-refractivity contribution is 5.75. The first-order chi connectivity index (χ1) is 8.92. The van der Waals surface area contributed by atoms with Crippen LogP contribution in [0.15, 0.2) is 11.6 Å². The van der Waals surface area contributed by atoms with Gasteiger partial charge >= 0.3 is 5.97 Å². The number of esters is 1. The number of ether oxygens (including phenoxy) is 2. The van der Waals surface area contributed by atoms with Gasteiger partial charge in [-0.15, -0.1) is 0 Å². The summed E-state index contributed by atoms with van der Waals surface area (Å²) in [6, 6.07) is 0. The van der Waals surface area contributed by atoms with Gasteiger partial charge in [-0.2, -0.15) is 0 Å². The fourth-order valence-electron chi connectivity index (χ4n) is 3.45. The van der Waals surface area contributed by atoms with Gasteiger partial charge in [0.1, 0.15) is 12.2 Å². The third kappa shape index (κ3) is 2.11. The predicted molar refractivity (Wildman–Crippen MR) is 69.4 cm³/mol. The van der Waals surface area contributed by atoms with Crippen LogP contribution < -0.4 is 0 Å². The maximum absolute atomic E-state index is 11.8. The third-order valence-electron chi connectivity index (χ3n) is 5.06. The molecule has 4 heteroatoms. The molecule has 106 valence electrons. The number of hydrogen-bond acceptors (Lipinski definition) is 4. The number of rotatable bonds is 0. The highest BCUT2D eigenvalue weighted by atomic mass is 16.6. The second kappa shape index (κ2) is 4.32. The Hall–Kier alpha value is -0.870. The predicted octanol–water partition coefficient (Wildman–Crippen LogP) is 1.81. The molecule has 0 radical (unpaired) electrons. The Kier molecular flexibility index (Phi) is 2.98. The fourth-order valence-corrected chi connectivity index (χ4v) is 3.45. The molecule has 0 aromatic rings. The largest absolute Gasteiger partial charge is 0.459 e. The maximum atomic E-state index is 11.8. The molecule has 2 heterocycles. The van der Waals surface area contributed by atoms with E-state index in [4.69, 9.17) is 9.47 Å². The molecule has 2 aliphatic heterocycles. The standard InChI is InChI=1S/C15H22O4/c1-8-5-4-6-15(3)13(19-15)12-10(7-11(8)16)9(2)14(17)18-12/h5,9-13,16H,4,6-7H2,1-3H3/b8-5+/t9-,10-,11-,12-,13-,15+/m0/s1. The monoisotopic (exact) mass is 266 g/mol. The molecule has 0 saturated carbocycles. The van der Waals surface area contributed by atoms with Crippen LogP contribution in [0, 0.1) is 11.8 Å². The van der Waals surface area contributed by atoms with Crippen LogP contribution in [0.3, 0.4) is 0 Å². The minimum Gasteiger partial charge on any atom is -0.459 e. The van der Waals surface area contributed by atoms with Crippen LogP contribution >= 0.6 is 0 Å². The van der Waals surface area contributed by atoms with Crippen molar-refractivity contribution in [1.82, 2.24) is 0 Å². The van der Waals surface area contributed by atoms with Gasteiger partial charge in [-0.25, -0.2) is 0 Å². The van der Waals surface area contributed by atoms with Crippen molar-refractivity contribution in [2.24, 2.45) is 11.8 Å². The minimum atomic E-state index is -0.479. The Balaban J connectivity index is 1.89. The Bertz CT molecular complexity index is 430. The average molecular weight is 266 g/mol. The van der Waals surface area contributed by atoms with Crippen LogP contribution in [-0.2, 0) is 14.3 Å². The van der Waals surface area contributed by atoms with Gasteiger partial charge < -0.3 is 14.6 Å². The molecule has 3 rings (SSSR count). The summed E-state index contributed by atoms with van der Waals surface area (Å²) in [5.74, 6) is -0.253. The van der Waals surface area contributed by atoms with E-state index < -0.39 is 6.10 Å². The second-order valence-corrected chi connectivity index (χ2v) is 6.44. The Morgan fingerprint density at radius 1 is 1.47 bits per heavy atom. The fraction of sp³-hybridized carbons (Fsp3) is 0.800. The van der Waals surface area contributed by atoms with Crippen molar-refractivity contribution in [3.8, 4) is 0 Å². The highest BCUT2D eigenvalue weighted by Crippen LogP contribution is 2.50. The maximum Gasteiger partial charge on any atom is 0.309 e. The van der Waals surface area contributed by atoms with E-state index in [2.05, 4.69) is 13.0 Å². The van der Waals surface area contributed by atoms with Crippen LogP contribution in [0.25, 0.3) is 0 Å². The van der Waals surface area contributed by atoms with E-state index in [0.29, 0.717) is 6.42 Å². The zero-order chi connectivity index (χ0) is 13.8. The highest BCUT2D eigenvalue weighted by Gasteiger charge is 2.62. The van der Waals surface area contributed by atoms with Gasteiger partial charge in [0.15, 0.2) is 0 Å². The van der Waals surface area contributed by atoms with E-state index in [1.165, 1.54) is 0 Å². The summed E-state index contributed by atoms with van der Waals surface area (Å²) >= 11 is 0. The summed E-state index contributed by atoms with van der Waals surface area (Å²) < 4.78 is 11.3. The van der Waals surface area contributed by atoms with Crippen LogP contribution in [0.1, 0.15) is 40.0 Å². The number of carbonyl (C=O) groups excluding carboxylic acids is 1. The molecule has 2 saturated heterocycles. The lowest BCUT2D eigenvalue weighted by molar-refractivity contribution is -0.144. The number of fused-ring (bicyclic) bond motifs is 3. The molecule has 6 atom stereocenters. The Morgan fingerprint density at radius 3 is 2.95 bits per heavy atom. The zero-order valence-electron chi connectivity index (χ0n) is 11.8. The first-order valence-corrected chi connectivity index (χ1v) is 7.15. The molecule has 19 heavy (non-hydrogen) atoms. The van der Waals surface area contributed by atoms with Crippen molar-refractivity contribution in [3.63, 3.8) is 0 Å². The minimum absolute atomic E-state index is 0.00501. The molecule has 0 bridgehead atoms. The van der Waals surface area contributed by atoms with Crippen molar-refractivity contribution in [2.75, 3.05) is 0 Å². The smallest absolute Gasteiger partial charge is 0.309 e. The molecule has 1 aliphatic carbocycles. The van der Waals surface area contributed by atoms with E-state index >= 15 is 0 Å². The first kappa shape index (κ1) is 13.1. The average Bonchev–Trinajstić information content (AvgIpc) is 2.95. The Labute approximate surface area is 113 Å². The lowest BCUT2D eigenvalue weighted by atomic mass is 9.80. The van der Waals surface area contributed by atoms with Gasteiger partial charge in [-0.3, -0.25) is 4.79 Å². The van der Waals surface area contributed by atoms with Gasteiger partial charge in [-0.05, 0) is 38.7 Å². The molecule has 1 N–H and O–H groups in total. The number of epoxide rings is 1. The van der Waals surface area contributed by atoms with Crippen molar-refractivity contribution in [1.29, 1.82) is 0 Å². The van der Waals surface area contributed by atoms with Gasteiger partial charge in [0, 0.05) is 5.92 Å². The number of aliphatic hydroxyl groups excluding tert-OH is 1. The van der Waals surface area contributed by atoms with Gasteiger partial charge in [0.05, 0.1) is 17.6 Å². The molecule has 0 aromatic carbocycles. The van der Waals surface area contributed by atoms with Gasteiger partial charge in [0.25, 0.3) is 0 Å². The summed E-state index contributed by atoms with van der Waals surface area (Å²) in [6.45, 7) is 5.94. The molecule has 2 fully saturated rings. The van der Waals surface area contributed by atoms with E-state index in [9.17, 15) is 9.90 Å². The van der Waals surface area contributed by atoms with Crippen molar-refractivity contribution in [2.45, 2.75) is 63.9 Å². The second-order valence-electron chi connectivity index (χ2n) is 6.44. The quantitative estimate of drug-likeness (QED) is 0.413. The van der Waals surface area contributed by atoms with Gasteiger partial charge in [0.2, 0.25) is 0 Å². The molecule has 0 spiro atoms. The molecule has 0 unspecified atom stereocenters. The number of hydrogen-bond donors (Lipinski definition) is 1. The summed E-state index contributed by atoms with van der Waals surface area (Å²) in [6.07, 6.45) is 3.83. The molecule has 0 amide bonds. The van der Waals surface area contributed by atoms with Crippen LogP contribution in [0.5, 0.6) is 0 Å². The van der Waals surface area contributed by atoms with Crippen molar-refractivity contribution < 1.29 is 19.4 Å². The van der Waals surface area contributed by atoms with Gasteiger partial charge in [-0.1, -0.05) is 13.0 Å². The Morgan fingerprint density at radius 2 is 2.21 bits per heavy atom. The van der Waals surface area contributed by atoms with Crippen LogP contribution in [0.4, 0.5) is 0 Å². The third-order valence-corrected chi connectivity index (χ3v) is 5.06. The SMILES string of the molecule is C/C1=C\CC[C@@]2(C)O[C@H]2[C@H]2OC(=O)[C@@H](C)[C@@H]2C[C@@H]1O. The summed E-state index contributed by atoms with van der Waals surface area (Å²) in [5.41, 5.74) is 0.833. The number of aliphatic hydroxyl groups is 1. The van der Waals surface area contributed by atoms with E-state index in [-0.39, 0.29) is 35.6 Å². The van der Waals surface area contributed by atoms with Crippen molar-refractivity contribution >= 4 is 5.97 Å². The normalized spacial score (nSPS) is 52.5. The summed E-state index contributed by atoms with van der Waals surface area (Å²) in [4.78, 5) is 11.8. The first-order valence-electron chi connectivity index (χ1n) is 7.15. The molecule has 3 aliphatic rings. The lowest BCUT2D eigenvalue weighted by Gasteiger charge is -2.23. The summed E-state index contributed by atoms with van der Waals surface area (Å²) in [7, 11) is 0.